The minimum Gasteiger partial charge on any atom is -0.346 e. The fourth-order valence-corrected chi connectivity index (χ4v) is 4.11. The molecule has 0 aliphatic carbocycles. The monoisotopic (exact) mass is 460 g/mol. The van der Waals surface area contributed by atoms with Crippen LogP contribution in [0.4, 0.5) is 10.1 Å². The molecule has 1 unspecified atom stereocenters. The Labute approximate surface area is 193 Å². The molecule has 1 saturated heterocycles. The molecule has 2 N–H and O–H groups in total. The summed E-state index contributed by atoms with van der Waals surface area (Å²) >= 11 is 6.14. The first kappa shape index (κ1) is 24.2. The molecule has 2 aromatic carbocycles. The van der Waals surface area contributed by atoms with E-state index in [9.17, 15) is 14.0 Å². The number of amides is 2. The van der Waals surface area contributed by atoms with Crippen LogP contribution in [0.5, 0.6) is 0 Å². The lowest BCUT2D eigenvalue weighted by molar-refractivity contribution is -0.128. The van der Waals surface area contributed by atoms with Crippen LogP contribution >= 0.6 is 11.6 Å². The Bertz CT molecular complexity index is 936. The highest BCUT2D eigenvalue weighted by Crippen LogP contribution is 2.22. The highest BCUT2D eigenvalue weighted by Gasteiger charge is 2.26. The summed E-state index contributed by atoms with van der Waals surface area (Å²) in [5, 5.41) is 6.04. The summed E-state index contributed by atoms with van der Waals surface area (Å²) in [5.74, 6) is -0.742. The predicted molar refractivity (Wildman–Crippen MR) is 125 cm³/mol. The molecule has 0 aromatic heterocycles. The van der Waals surface area contributed by atoms with Crippen LogP contribution < -0.4 is 10.6 Å². The highest BCUT2D eigenvalue weighted by molar-refractivity contribution is 6.31. The van der Waals surface area contributed by atoms with Crippen LogP contribution in [-0.4, -0.2) is 60.4 Å². The lowest BCUT2D eigenvalue weighted by atomic mass is 10.1. The van der Waals surface area contributed by atoms with E-state index in [2.05, 4.69) is 20.4 Å². The van der Waals surface area contributed by atoms with Crippen molar-refractivity contribution in [1.29, 1.82) is 0 Å². The van der Waals surface area contributed by atoms with E-state index in [4.69, 9.17) is 11.6 Å². The van der Waals surface area contributed by atoms with Crippen LogP contribution in [0.15, 0.2) is 36.4 Å². The number of carbonyl (C=O) groups excluding carboxylic acids is 2. The Kier molecular flexibility index (Phi) is 8.23. The molecule has 0 bridgehead atoms. The van der Waals surface area contributed by atoms with Gasteiger partial charge in [0.1, 0.15) is 5.82 Å². The molecule has 0 radical (unpaired) electrons. The van der Waals surface area contributed by atoms with Crippen LogP contribution in [0.1, 0.15) is 23.6 Å². The second-order valence-corrected chi connectivity index (χ2v) is 8.63. The summed E-state index contributed by atoms with van der Waals surface area (Å²) in [6, 6.07) is 10.2. The van der Waals surface area contributed by atoms with Gasteiger partial charge in [-0.1, -0.05) is 35.9 Å². The van der Waals surface area contributed by atoms with Crippen LogP contribution in [0.25, 0.3) is 0 Å². The summed E-state index contributed by atoms with van der Waals surface area (Å²) in [6.45, 7) is 8.82. The average Bonchev–Trinajstić information content (AvgIpc) is 2.77. The van der Waals surface area contributed by atoms with Gasteiger partial charge in [0.2, 0.25) is 11.8 Å². The largest absolute Gasteiger partial charge is 0.346 e. The van der Waals surface area contributed by atoms with Crippen molar-refractivity contribution in [2.24, 2.45) is 0 Å². The van der Waals surface area contributed by atoms with Crippen LogP contribution in [-0.2, 0) is 16.1 Å². The second kappa shape index (κ2) is 10.9. The second-order valence-electron chi connectivity index (χ2n) is 8.22. The van der Waals surface area contributed by atoms with Crippen molar-refractivity contribution in [3.63, 3.8) is 0 Å². The Hall–Kier alpha value is -2.48. The topological polar surface area (TPSA) is 64.7 Å². The van der Waals surface area contributed by atoms with Crippen LogP contribution in [0.2, 0.25) is 5.02 Å². The fourth-order valence-electron chi connectivity index (χ4n) is 3.89. The van der Waals surface area contributed by atoms with Gasteiger partial charge in [-0.3, -0.25) is 19.4 Å². The van der Waals surface area contributed by atoms with Crippen LogP contribution in [0, 0.1) is 19.7 Å². The van der Waals surface area contributed by atoms with Gasteiger partial charge >= 0.3 is 0 Å². The number of hydrogen-bond acceptors (Lipinski definition) is 4. The Balaban J connectivity index is 1.45. The lowest BCUT2D eigenvalue weighted by Gasteiger charge is -2.37. The van der Waals surface area contributed by atoms with Gasteiger partial charge in [0.15, 0.2) is 0 Å². The zero-order valence-electron chi connectivity index (χ0n) is 18.8. The van der Waals surface area contributed by atoms with Crippen molar-refractivity contribution in [3.8, 4) is 0 Å². The summed E-state index contributed by atoms with van der Waals surface area (Å²) in [4.78, 5) is 29.1. The Morgan fingerprint density at radius 2 is 1.69 bits per heavy atom. The third-order valence-corrected chi connectivity index (χ3v) is 6.30. The molecule has 8 heteroatoms. The molecule has 0 saturated carbocycles. The van der Waals surface area contributed by atoms with Crippen molar-refractivity contribution in [2.45, 2.75) is 33.4 Å². The van der Waals surface area contributed by atoms with Gasteiger partial charge in [-0.05, 0) is 44.0 Å². The third-order valence-electron chi connectivity index (χ3n) is 5.95. The maximum atomic E-state index is 14.0. The maximum Gasteiger partial charge on any atom is 0.243 e. The summed E-state index contributed by atoms with van der Waals surface area (Å²) < 4.78 is 14.0. The molecule has 3 rings (SSSR count). The summed E-state index contributed by atoms with van der Waals surface area (Å²) in [7, 11) is 0. The van der Waals surface area contributed by atoms with E-state index in [-0.39, 0.29) is 30.2 Å². The van der Waals surface area contributed by atoms with E-state index in [1.54, 1.807) is 12.1 Å². The zero-order valence-corrected chi connectivity index (χ0v) is 19.5. The number of nitrogens with zero attached hydrogens (tertiary/aromatic N) is 2. The number of hydrogen-bond donors (Lipinski definition) is 2. The first-order valence-corrected chi connectivity index (χ1v) is 11.2. The van der Waals surface area contributed by atoms with Gasteiger partial charge < -0.3 is 10.6 Å². The van der Waals surface area contributed by atoms with Gasteiger partial charge in [0.05, 0.1) is 12.6 Å². The number of halogens is 2. The Morgan fingerprint density at radius 3 is 2.31 bits per heavy atom. The number of nitrogens with one attached hydrogen (secondary N) is 2. The number of para-hydroxylation sites is 1. The quantitative estimate of drug-likeness (QED) is 0.665. The minimum atomic E-state index is -0.359. The first-order valence-electron chi connectivity index (χ1n) is 10.8. The first-order chi connectivity index (χ1) is 15.3. The number of anilines is 1. The van der Waals surface area contributed by atoms with E-state index in [1.807, 2.05) is 39.0 Å². The molecule has 2 aromatic rings. The van der Waals surface area contributed by atoms with Gasteiger partial charge in [-0.2, -0.15) is 0 Å². The lowest BCUT2D eigenvalue weighted by Crippen LogP contribution is -2.54. The van der Waals surface area contributed by atoms with E-state index in [0.717, 1.165) is 16.8 Å². The van der Waals surface area contributed by atoms with Gasteiger partial charge in [0.25, 0.3) is 0 Å². The normalized spacial score (nSPS) is 15.9. The third kappa shape index (κ3) is 6.06. The molecule has 1 aliphatic heterocycles. The standard InChI is InChI=1S/C24H30ClFN4O2/c1-16-6-4-7-17(2)23(16)28-22(31)14-27-24(32)18(3)30-12-10-29(11-13-30)15-19-20(25)8-5-9-21(19)26/h4-9,18H,10-15H2,1-3H3,(H,27,32)(H,28,31). The van der Waals surface area contributed by atoms with E-state index < -0.39 is 0 Å². The summed E-state index contributed by atoms with van der Waals surface area (Å²) in [6.07, 6.45) is 0. The summed E-state index contributed by atoms with van der Waals surface area (Å²) in [5.41, 5.74) is 3.24. The molecule has 172 valence electrons. The molecule has 0 spiro atoms. The van der Waals surface area contributed by atoms with Crippen LogP contribution in [0.3, 0.4) is 0 Å². The smallest absolute Gasteiger partial charge is 0.243 e. The molecule has 1 atom stereocenters. The number of carbonyl (C=O) groups is 2. The van der Waals surface area contributed by atoms with Crippen molar-refractivity contribution in [3.05, 3.63) is 63.9 Å². The zero-order chi connectivity index (χ0) is 23.3. The van der Waals surface area contributed by atoms with Crippen molar-refractivity contribution < 1.29 is 14.0 Å². The van der Waals surface area contributed by atoms with E-state index >= 15 is 0 Å². The molecule has 32 heavy (non-hydrogen) atoms. The average molecular weight is 461 g/mol. The van der Waals surface area contributed by atoms with Crippen molar-refractivity contribution in [2.75, 3.05) is 38.0 Å². The molecular formula is C24H30ClFN4O2. The highest BCUT2D eigenvalue weighted by atomic mass is 35.5. The predicted octanol–water partition coefficient (Wildman–Crippen LogP) is 3.36. The fraction of sp³-hybridized carbons (Fsp3) is 0.417. The van der Waals surface area contributed by atoms with Gasteiger partial charge in [0, 0.05) is 49.0 Å². The maximum absolute atomic E-state index is 14.0. The Morgan fingerprint density at radius 1 is 1.06 bits per heavy atom. The molecule has 1 fully saturated rings. The SMILES string of the molecule is Cc1cccc(C)c1NC(=O)CNC(=O)C(C)N1CCN(Cc2c(F)cccc2Cl)CC1. The molecular weight excluding hydrogens is 431 g/mol. The number of piperazine rings is 1. The molecule has 1 heterocycles. The van der Waals surface area contributed by atoms with Gasteiger partial charge in [-0.15, -0.1) is 0 Å². The molecule has 6 nitrogen and oxygen atoms in total. The number of rotatable bonds is 7. The van der Waals surface area contributed by atoms with E-state index in [0.29, 0.717) is 43.3 Å². The number of aryl methyl sites for hydroxylation is 2. The van der Waals surface area contributed by atoms with Crippen molar-refractivity contribution >= 4 is 29.1 Å². The molecule has 1 aliphatic rings. The minimum absolute atomic E-state index is 0.0807. The van der Waals surface area contributed by atoms with Crippen molar-refractivity contribution in [1.82, 2.24) is 15.1 Å². The molecule has 2 amide bonds. The number of benzene rings is 2. The van der Waals surface area contributed by atoms with Gasteiger partial charge in [-0.25, -0.2) is 4.39 Å². The van der Waals surface area contributed by atoms with E-state index in [1.165, 1.54) is 6.07 Å².